The van der Waals surface area contributed by atoms with Gasteiger partial charge in [0.25, 0.3) is 0 Å². The first-order valence-electron chi connectivity index (χ1n) is 10.9. The maximum absolute atomic E-state index is 12.0. The summed E-state index contributed by atoms with van der Waals surface area (Å²) in [6.45, 7) is 10.4. The number of hydrogen-bond donors (Lipinski definition) is 2. The smallest absolute Gasteiger partial charge is 0.224 e. The topological polar surface area (TPSA) is 85.8 Å². The SMILES string of the molecule is CCc1nsc(N2CCN(C(=NC)NCc3cccc(NC(=O)CC(C)C)c3)CC2)n1. The Kier molecular flexibility index (Phi) is 8.22. The van der Waals surface area contributed by atoms with E-state index in [-0.39, 0.29) is 5.91 Å². The van der Waals surface area contributed by atoms with Gasteiger partial charge in [-0.2, -0.15) is 4.37 Å². The minimum atomic E-state index is 0.0512. The molecule has 0 aliphatic carbocycles. The molecular formula is C22H33N7OS. The van der Waals surface area contributed by atoms with Crippen molar-refractivity contribution in [3.05, 3.63) is 35.7 Å². The van der Waals surface area contributed by atoms with Crippen molar-refractivity contribution in [2.45, 2.75) is 40.2 Å². The second kappa shape index (κ2) is 11.1. The predicted molar refractivity (Wildman–Crippen MR) is 128 cm³/mol. The number of benzene rings is 1. The van der Waals surface area contributed by atoms with Gasteiger partial charge in [0.2, 0.25) is 11.0 Å². The molecule has 1 saturated heterocycles. The van der Waals surface area contributed by atoms with Crippen LogP contribution in [0.15, 0.2) is 29.3 Å². The van der Waals surface area contributed by atoms with Crippen LogP contribution in [0.25, 0.3) is 0 Å². The largest absolute Gasteiger partial charge is 0.352 e. The molecule has 0 atom stereocenters. The molecule has 0 bridgehead atoms. The number of carbonyl (C=O) groups excluding carboxylic acids is 1. The summed E-state index contributed by atoms with van der Waals surface area (Å²) in [5.74, 6) is 2.20. The molecule has 1 fully saturated rings. The quantitative estimate of drug-likeness (QED) is 0.505. The highest BCUT2D eigenvalue weighted by atomic mass is 32.1. The van der Waals surface area contributed by atoms with Crippen molar-refractivity contribution in [1.29, 1.82) is 0 Å². The van der Waals surface area contributed by atoms with Crippen molar-refractivity contribution >= 4 is 34.2 Å². The van der Waals surface area contributed by atoms with Crippen molar-refractivity contribution in [2.75, 3.05) is 43.4 Å². The number of hydrogen-bond acceptors (Lipinski definition) is 6. The summed E-state index contributed by atoms with van der Waals surface area (Å²) in [6, 6.07) is 7.96. The Morgan fingerprint density at radius 2 is 2.03 bits per heavy atom. The molecule has 31 heavy (non-hydrogen) atoms. The molecular weight excluding hydrogens is 410 g/mol. The number of aromatic nitrogens is 2. The molecule has 3 rings (SSSR count). The Balaban J connectivity index is 1.51. The Morgan fingerprint density at radius 1 is 1.26 bits per heavy atom. The van der Waals surface area contributed by atoms with Crippen LogP contribution in [0, 0.1) is 5.92 Å². The Hall–Kier alpha value is -2.68. The van der Waals surface area contributed by atoms with Gasteiger partial charge >= 0.3 is 0 Å². The molecule has 168 valence electrons. The monoisotopic (exact) mass is 443 g/mol. The molecule has 1 aromatic carbocycles. The molecule has 0 saturated carbocycles. The normalized spacial score (nSPS) is 14.8. The van der Waals surface area contributed by atoms with E-state index in [1.807, 2.05) is 39.1 Å². The van der Waals surface area contributed by atoms with Gasteiger partial charge in [0, 0.05) is 69.8 Å². The van der Waals surface area contributed by atoms with E-state index in [2.05, 4.69) is 47.8 Å². The lowest BCUT2D eigenvalue weighted by Crippen LogP contribution is -2.52. The van der Waals surface area contributed by atoms with E-state index in [1.54, 1.807) is 0 Å². The summed E-state index contributed by atoms with van der Waals surface area (Å²) < 4.78 is 4.40. The Bertz CT molecular complexity index is 887. The zero-order valence-corrected chi connectivity index (χ0v) is 19.7. The van der Waals surface area contributed by atoms with Gasteiger partial charge in [-0.15, -0.1) is 0 Å². The highest BCUT2D eigenvalue weighted by molar-refractivity contribution is 7.09. The van der Waals surface area contributed by atoms with Crippen LogP contribution in [-0.2, 0) is 17.8 Å². The van der Waals surface area contributed by atoms with E-state index in [1.165, 1.54) is 11.5 Å². The van der Waals surface area contributed by atoms with Crippen LogP contribution in [0.3, 0.4) is 0 Å². The maximum atomic E-state index is 12.0. The van der Waals surface area contributed by atoms with Crippen molar-refractivity contribution in [1.82, 2.24) is 19.6 Å². The number of anilines is 2. The summed E-state index contributed by atoms with van der Waals surface area (Å²) in [4.78, 5) is 25.7. The molecule has 1 aliphatic heterocycles. The predicted octanol–water partition coefficient (Wildman–Crippen LogP) is 2.98. The van der Waals surface area contributed by atoms with E-state index in [4.69, 9.17) is 0 Å². The van der Waals surface area contributed by atoms with Gasteiger partial charge in [0.05, 0.1) is 0 Å². The minimum absolute atomic E-state index is 0.0512. The van der Waals surface area contributed by atoms with Crippen LogP contribution < -0.4 is 15.5 Å². The van der Waals surface area contributed by atoms with E-state index in [9.17, 15) is 4.79 Å². The third-order valence-electron chi connectivity index (χ3n) is 5.09. The number of nitrogens with zero attached hydrogens (tertiary/aromatic N) is 5. The van der Waals surface area contributed by atoms with E-state index in [0.29, 0.717) is 18.9 Å². The lowest BCUT2D eigenvalue weighted by Gasteiger charge is -2.36. The zero-order valence-electron chi connectivity index (χ0n) is 18.9. The third-order valence-corrected chi connectivity index (χ3v) is 5.90. The lowest BCUT2D eigenvalue weighted by molar-refractivity contribution is -0.116. The van der Waals surface area contributed by atoms with Crippen molar-refractivity contribution in [2.24, 2.45) is 10.9 Å². The van der Waals surface area contributed by atoms with Crippen LogP contribution in [0.4, 0.5) is 10.8 Å². The van der Waals surface area contributed by atoms with Crippen LogP contribution in [-0.4, -0.2) is 59.4 Å². The minimum Gasteiger partial charge on any atom is -0.352 e. The number of piperazine rings is 1. The molecule has 2 aromatic rings. The van der Waals surface area contributed by atoms with Gasteiger partial charge in [-0.1, -0.05) is 32.9 Å². The highest BCUT2D eigenvalue weighted by Crippen LogP contribution is 2.19. The molecule has 1 aromatic heterocycles. The van der Waals surface area contributed by atoms with Crippen LogP contribution in [0.5, 0.6) is 0 Å². The van der Waals surface area contributed by atoms with Gasteiger partial charge < -0.3 is 20.4 Å². The van der Waals surface area contributed by atoms with Crippen LogP contribution >= 0.6 is 11.5 Å². The number of nitrogens with one attached hydrogen (secondary N) is 2. The number of aliphatic imine (C=N–C) groups is 1. The first kappa shape index (κ1) is 23.0. The molecule has 2 N–H and O–H groups in total. The number of guanidine groups is 1. The summed E-state index contributed by atoms with van der Waals surface area (Å²) in [5.41, 5.74) is 1.93. The number of amides is 1. The standard InChI is InChI=1S/C22H33N7OS/c1-5-19-26-22(31-27-19)29-11-9-28(10-12-29)21(23-4)24-15-17-7-6-8-18(14-17)25-20(30)13-16(2)3/h6-8,14,16H,5,9-13,15H2,1-4H3,(H,23,24)(H,25,30). The summed E-state index contributed by atoms with van der Waals surface area (Å²) in [5, 5.41) is 7.45. The molecule has 8 nitrogen and oxygen atoms in total. The van der Waals surface area contributed by atoms with E-state index in [0.717, 1.165) is 60.8 Å². The molecule has 0 radical (unpaired) electrons. The number of rotatable bonds is 7. The van der Waals surface area contributed by atoms with E-state index >= 15 is 0 Å². The van der Waals surface area contributed by atoms with Crippen molar-refractivity contribution in [3.8, 4) is 0 Å². The first-order chi connectivity index (χ1) is 15.0. The Labute approximate surface area is 188 Å². The fourth-order valence-electron chi connectivity index (χ4n) is 3.48. The first-order valence-corrected chi connectivity index (χ1v) is 11.7. The lowest BCUT2D eigenvalue weighted by atomic mass is 10.1. The van der Waals surface area contributed by atoms with Crippen molar-refractivity contribution < 1.29 is 4.79 Å². The molecule has 0 spiro atoms. The summed E-state index contributed by atoms with van der Waals surface area (Å²) >= 11 is 1.48. The van der Waals surface area contributed by atoms with Gasteiger partial charge in [-0.3, -0.25) is 9.79 Å². The van der Waals surface area contributed by atoms with Gasteiger partial charge in [-0.05, 0) is 23.6 Å². The Morgan fingerprint density at radius 3 is 2.68 bits per heavy atom. The average Bonchev–Trinajstić information content (AvgIpc) is 3.24. The molecule has 0 unspecified atom stereocenters. The number of carbonyl (C=O) groups is 1. The second-order valence-corrected chi connectivity index (χ2v) is 8.80. The fraction of sp³-hybridized carbons (Fsp3) is 0.545. The van der Waals surface area contributed by atoms with Crippen molar-refractivity contribution in [3.63, 3.8) is 0 Å². The number of aryl methyl sites for hydroxylation is 1. The van der Waals surface area contributed by atoms with Gasteiger partial charge in [0.15, 0.2) is 5.96 Å². The molecule has 9 heteroatoms. The maximum Gasteiger partial charge on any atom is 0.224 e. The second-order valence-electron chi connectivity index (χ2n) is 8.07. The summed E-state index contributed by atoms with van der Waals surface area (Å²) in [7, 11) is 1.82. The fourth-order valence-corrected chi connectivity index (χ4v) is 4.28. The van der Waals surface area contributed by atoms with E-state index < -0.39 is 0 Å². The molecule has 2 heterocycles. The average molecular weight is 444 g/mol. The van der Waals surface area contributed by atoms with Gasteiger partial charge in [0.1, 0.15) is 5.82 Å². The van der Waals surface area contributed by atoms with Crippen LogP contribution in [0.1, 0.15) is 38.6 Å². The highest BCUT2D eigenvalue weighted by Gasteiger charge is 2.22. The van der Waals surface area contributed by atoms with Crippen LogP contribution in [0.2, 0.25) is 0 Å². The molecule has 1 amide bonds. The summed E-state index contributed by atoms with van der Waals surface area (Å²) in [6.07, 6.45) is 1.40. The van der Waals surface area contributed by atoms with Gasteiger partial charge in [-0.25, -0.2) is 4.98 Å². The third kappa shape index (κ3) is 6.65. The zero-order chi connectivity index (χ0) is 22.2. The molecule has 1 aliphatic rings.